The molecule has 24 heavy (non-hydrogen) atoms. The van der Waals surface area contributed by atoms with Crippen LogP contribution in [0, 0.1) is 0 Å². The van der Waals surface area contributed by atoms with Gasteiger partial charge in [-0.25, -0.2) is 0 Å². The summed E-state index contributed by atoms with van der Waals surface area (Å²) in [4.78, 5) is 34.3. The SMILES string of the molecule is CC(C)NC(=O)CNC(=O)COC(=O)CCOc1cccc(Br)c1. The van der Waals surface area contributed by atoms with Gasteiger partial charge in [0, 0.05) is 10.5 Å². The maximum Gasteiger partial charge on any atom is 0.309 e. The highest BCUT2D eigenvalue weighted by Gasteiger charge is 2.10. The van der Waals surface area contributed by atoms with Crippen LogP contribution >= 0.6 is 15.9 Å². The molecule has 0 saturated carbocycles. The standard InChI is InChI=1S/C16H21BrN2O5/c1-11(2)19-14(20)9-18-15(21)10-24-16(22)6-7-23-13-5-3-4-12(17)8-13/h3-5,8,11H,6-7,9-10H2,1-2H3,(H,18,21)(H,19,20). The molecule has 1 aromatic carbocycles. The Bertz CT molecular complexity index is 577. The minimum Gasteiger partial charge on any atom is -0.493 e. The first-order valence-electron chi connectivity index (χ1n) is 7.47. The number of hydrogen-bond acceptors (Lipinski definition) is 5. The summed E-state index contributed by atoms with van der Waals surface area (Å²) in [7, 11) is 0. The molecule has 2 N–H and O–H groups in total. The van der Waals surface area contributed by atoms with E-state index in [1.54, 1.807) is 12.1 Å². The molecule has 7 nitrogen and oxygen atoms in total. The Kier molecular flexibility index (Phi) is 8.85. The summed E-state index contributed by atoms with van der Waals surface area (Å²) in [6.07, 6.45) is 0.0215. The highest BCUT2D eigenvalue weighted by atomic mass is 79.9. The molecule has 1 rings (SSSR count). The number of amides is 2. The fraction of sp³-hybridized carbons (Fsp3) is 0.438. The van der Waals surface area contributed by atoms with Gasteiger partial charge in [0.25, 0.3) is 5.91 Å². The van der Waals surface area contributed by atoms with Crippen molar-refractivity contribution in [1.29, 1.82) is 0 Å². The van der Waals surface area contributed by atoms with Crippen molar-refractivity contribution >= 4 is 33.7 Å². The lowest BCUT2D eigenvalue weighted by Gasteiger charge is -2.10. The second-order valence-corrected chi connectivity index (χ2v) is 6.13. The van der Waals surface area contributed by atoms with Crippen molar-refractivity contribution in [3.8, 4) is 5.75 Å². The van der Waals surface area contributed by atoms with Crippen LogP contribution in [0.3, 0.4) is 0 Å². The highest BCUT2D eigenvalue weighted by molar-refractivity contribution is 9.10. The average Bonchev–Trinajstić information content (AvgIpc) is 2.50. The molecular weight excluding hydrogens is 380 g/mol. The maximum atomic E-state index is 11.5. The van der Waals surface area contributed by atoms with Crippen molar-refractivity contribution in [3.63, 3.8) is 0 Å². The summed E-state index contributed by atoms with van der Waals surface area (Å²) < 4.78 is 11.1. The predicted octanol–water partition coefficient (Wildman–Crippen LogP) is 1.40. The smallest absolute Gasteiger partial charge is 0.309 e. The van der Waals surface area contributed by atoms with E-state index in [0.29, 0.717) is 5.75 Å². The molecule has 2 amide bonds. The van der Waals surface area contributed by atoms with Gasteiger partial charge < -0.3 is 20.1 Å². The third kappa shape index (κ3) is 9.14. The van der Waals surface area contributed by atoms with Crippen molar-refractivity contribution in [2.24, 2.45) is 0 Å². The first kappa shape index (κ1) is 20.0. The number of esters is 1. The number of ether oxygens (including phenoxy) is 2. The molecule has 132 valence electrons. The zero-order valence-electron chi connectivity index (χ0n) is 13.6. The van der Waals surface area contributed by atoms with Crippen LogP contribution < -0.4 is 15.4 Å². The summed E-state index contributed by atoms with van der Waals surface area (Å²) in [5.74, 6) is -0.750. The Morgan fingerprint density at radius 1 is 1.21 bits per heavy atom. The number of hydrogen-bond donors (Lipinski definition) is 2. The molecule has 0 heterocycles. The molecule has 0 fully saturated rings. The molecule has 8 heteroatoms. The third-order valence-corrected chi connectivity index (χ3v) is 3.12. The van der Waals surface area contributed by atoms with E-state index in [0.717, 1.165) is 4.47 Å². The van der Waals surface area contributed by atoms with E-state index in [1.165, 1.54) is 0 Å². The topological polar surface area (TPSA) is 93.7 Å². The van der Waals surface area contributed by atoms with E-state index in [9.17, 15) is 14.4 Å². The van der Waals surface area contributed by atoms with Crippen LogP contribution in [0.2, 0.25) is 0 Å². The van der Waals surface area contributed by atoms with Crippen LogP contribution in [0.4, 0.5) is 0 Å². The normalized spacial score (nSPS) is 10.2. The van der Waals surface area contributed by atoms with Gasteiger partial charge in [-0.05, 0) is 32.0 Å². The number of carbonyl (C=O) groups excluding carboxylic acids is 3. The lowest BCUT2D eigenvalue weighted by atomic mass is 10.3. The van der Waals surface area contributed by atoms with Crippen LogP contribution in [0.5, 0.6) is 5.75 Å². The lowest BCUT2D eigenvalue weighted by Crippen LogP contribution is -2.41. The average molecular weight is 401 g/mol. The molecule has 0 radical (unpaired) electrons. The minimum absolute atomic E-state index is 0.00234. The van der Waals surface area contributed by atoms with Gasteiger partial charge in [-0.1, -0.05) is 22.0 Å². The van der Waals surface area contributed by atoms with E-state index < -0.39 is 18.5 Å². The van der Waals surface area contributed by atoms with E-state index >= 15 is 0 Å². The Labute approximate surface area is 149 Å². The van der Waals surface area contributed by atoms with Gasteiger partial charge in [-0.15, -0.1) is 0 Å². The van der Waals surface area contributed by atoms with Crippen molar-refractivity contribution in [3.05, 3.63) is 28.7 Å². The Morgan fingerprint density at radius 3 is 2.62 bits per heavy atom. The summed E-state index contributed by atoms with van der Waals surface area (Å²) in [6, 6.07) is 7.23. The molecule has 0 aliphatic carbocycles. The van der Waals surface area contributed by atoms with Crippen LogP contribution in [0.25, 0.3) is 0 Å². The Morgan fingerprint density at radius 2 is 1.96 bits per heavy atom. The van der Waals surface area contributed by atoms with Crippen molar-refractivity contribution in [2.45, 2.75) is 26.3 Å². The first-order chi connectivity index (χ1) is 11.4. The van der Waals surface area contributed by atoms with Gasteiger partial charge in [0.1, 0.15) is 5.75 Å². The van der Waals surface area contributed by atoms with E-state index in [4.69, 9.17) is 9.47 Å². The highest BCUT2D eigenvalue weighted by Crippen LogP contribution is 2.17. The Balaban J connectivity index is 2.14. The minimum atomic E-state index is -0.549. The van der Waals surface area contributed by atoms with Crippen LogP contribution in [0.15, 0.2) is 28.7 Å². The van der Waals surface area contributed by atoms with Crippen LogP contribution in [0.1, 0.15) is 20.3 Å². The summed E-state index contributed by atoms with van der Waals surface area (Å²) in [5.41, 5.74) is 0. The molecule has 0 unspecified atom stereocenters. The second-order valence-electron chi connectivity index (χ2n) is 5.22. The van der Waals surface area contributed by atoms with Gasteiger partial charge in [0.2, 0.25) is 5.91 Å². The third-order valence-electron chi connectivity index (χ3n) is 2.63. The van der Waals surface area contributed by atoms with Gasteiger partial charge in [0.05, 0.1) is 19.6 Å². The molecule has 0 saturated heterocycles. The Hall–Kier alpha value is -2.09. The largest absolute Gasteiger partial charge is 0.493 e. The fourth-order valence-corrected chi connectivity index (χ4v) is 2.01. The van der Waals surface area contributed by atoms with Gasteiger partial charge in [0.15, 0.2) is 6.61 Å². The zero-order chi connectivity index (χ0) is 17.9. The number of halogens is 1. The maximum absolute atomic E-state index is 11.5. The monoisotopic (exact) mass is 400 g/mol. The van der Waals surface area contributed by atoms with Crippen LogP contribution in [-0.2, 0) is 19.1 Å². The quantitative estimate of drug-likeness (QED) is 0.611. The van der Waals surface area contributed by atoms with Crippen molar-refractivity contribution in [1.82, 2.24) is 10.6 Å². The molecule has 0 aliphatic rings. The molecule has 1 aromatic rings. The molecule has 0 spiro atoms. The van der Waals surface area contributed by atoms with Gasteiger partial charge in [-0.2, -0.15) is 0 Å². The number of nitrogens with one attached hydrogen (secondary N) is 2. The number of benzene rings is 1. The summed E-state index contributed by atoms with van der Waals surface area (Å²) in [5, 5.41) is 5.00. The van der Waals surface area contributed by atoms with Crippen LogP contribution in [-0.4, -0.2) is 43.6 Å². The number of rotatable bonds is 9. The van der Waals surface area contributed by atoms with E-state index in [1.807, 2.05) is 26.0 Å². The first-order valence-corrected chi connectivity index (χ1v) is 8.26. The number of carbonyl (C=O) groups is 3. The van der Waals surface area contributed by atoms with Crippen molar-refractivity contribution in [2.75, 3.05) is 19.8 Å². The van der Waals surface area contributed by atoms with Crippen molar-refractivity contribution < 1.29 is 23.9 Å². The molecule has 0 bridgehead atoms. The molecular formula is C16H21BrN2O5. The molecule has 0 aromatic heterocycles. The van der Waals surface area contributed by atoms with Gasteiger partial charge >= 0.3 is 5.97 Å². The fourth-order valence-electron chi connectivity index (χ4n) is 1.63. The summed E-state index contributed by atoms with van der Waals surface area (Å²) >= 11 is 3.32. The zero-order valence-corrected chi connectivity index (χ0v) is 15.2. The summed E-state index contributed by atoms with van der Waals surface area (Å²) in [6.45, 7) is 3.20. The van der Waals surface area contributed by atoms with Gasteiger partial charge in [-0.3, -0.25) is 14.4 Å². The molecule has 0 atom stereocenters. The van der Waals surface area contributed by atoms with E-state index in [-0.39, 0.29) is 31.5 Å². The predicted molar refractivity (Wildman–Crippen MR) is 91.5 cm³/mol. The molecule has 0 aliphatic heterocycles. The second kappa shape index (κ2) is 10.6. The van der Waals surface area contributed by atoms with E-state index in [2.05, 4.69) is 26.6 Å². The lowest BCUT2D eigenvalue weighted by molar-refractivity contribution is -0.149.